The highest BCUT2D eigenvalue weighted by Crippen LogP contribution is 2.25. The van der Waals surface area contributed by atoms with Crippen LogP contribution >= 0.6 is 0 Å². The number of carbonyl (C=O) groups excluding carboxylic acids is 1. The molecule has 1 heterocycles. The Kier molecular flexibility index (Phi) is 4.56. The number of nitrogens with one attached hydrogen (secondary N) is 2. The van der Waals surface area contributed by atoms with Crippen molar-refractivity contribution in [3.63, 3.8) is 0 Å². The van der Waals surface area contributed by atoms with Gasteiger partial charge in [-0.1, -0.05) is 38.2 Å². The highest BCUT2D eigenvalue weighted by Gasteiger charge is 2.13. The van der Waals surface area contributed by atoms with Gasteiger partial charge in [-0.05, 0) is 18.4 Å². The Morgan fingerprint density at radius 2 is 2.06 bits per heavy atom. The molecule has 0 radical (unpaired) electrons. The molecule has 4 nitrogen and oxygen atoms in total. The number of hydrogen-bond donors (Lipinski definition) is 2. The third-order valence-electron chi connectivity index (χ3n) is 3.58. The van der Waals surface area contributed by atoms with Crippen LogP contribution in [0.4, 0.5) is 0 Å². The highest BCUT2D eigenvalue weighted by atomic mass is 16.2. The number of hydrogen-bond acceptors (Lipinski definition) is 2. The molecule has 1 amide bonds. The third-order valence-corrected chi connectivity index (χ3v) is 3.58. The summed E-state index contributed by atoms with van der Waals surface area (Å²) in [5, 5.41) is 2.86. The number of amides is 1. The number of carbonyl (C=O) groups is 1. The first-order valence-electron chi connectivity index (χ1n) is 6.73. The predicted octanol–water partition coefficient (Wildman–Crippen LogP) is 2.08. The van der Waals surface area contributed by atoms with Crippen molar-refractivity contribution < 1.29 is 4.79 Å². The summed E-state index contributed by atoms with van der Waals surface area (Å²) < 4.78 is 0. The van der Waals surface area contributed by atoms with E-state index in [4.69, 9.17) is 0 Å². The molecule has 0 aliphatic heterocycles. The van der Waals surface area contributed by atoms with Crippen molar-refractivity contribution in [3.8, 4) is 0 Å². The van der Waals surface area contributed by atoms with Crippen molar-refractivity contribution in [1.82, 2.24) is 10.3 Å². The van der Waals surface area contributed by atoms with Gasteiger partial charge in [-0.15, -0.1) is 0 Å². The van der Waals surface area contributed by atoms with Crippen molar-refractivity contribution in [1.29, 1.82) is 0 Å². The summed E-state index contributed by atoms with van der Waals surface area (Å²) in [4.78, 5) is 25.4. The predicted molar refractivity (Wildman–Crippen MR) is 70.6 cm³/mol. The molecule has 1 fully saturated rings. The molecule has 2 N–H and O–H groups in total. The Morgan fingerprint density at radius 3 is 2.78 bits per heavy atom. The zero-order valence-electron chi connectivity index (χ0n) is 10.6. The zero-order valence-corrected chi connectivity index (χ0v) is 10.6. The van der Waals surface area contributed by atoms with Gasteiger partial charge >= 0.3 is 0 Å². The van der Waals surface area contributed by atoms with Gasteiger partial charge in [-0.3, -0.25) is 9.59 Å². The van der Waals surface area contributed by atoms with E-state index < -0.39 is 0 Å². The van der Waals surface area contributed by atoms with E-state index in [1.165, 1.54) is 38.2 Å². The largest absolute Gasteiger partial charge is 0.351 e. The van der Waals surface area contributed by atoms with E-state index in [0.717, 1.165) is 12.3 Å². The summed E-state index contributed by atoms with van der Waals surface area (Å²) in [6.45, 7) is 0.695. The molecule has 1 aliphatic carbocycles. The van der Waals surface area contributed by atoms with Crippen LogP contribution in [0, 0.1) is 5.92 Å². The number of aromatic amines is 1. The molecule has 1 aromatic heterocycles. The van der Waals surface area contributed by atoms with Gasteiger partial charge < -0.3 is 10.3 Å². The summed E-state index contributed by atoms with van der Waals surface area (Å²) >= 11 is 0. The van der Waals surface area contributed by atoms with Crippen LogP contribution in [0.15, 0.2) is 23.0 Å². The Balaban J connectivity index is 1.76. The third kappa shape index (κ3) is 3.72. The van der Waals surface area contributed by atoms with E-state index in [2.05, 4.69) is 10.3 Å². The zero-order chi connectivity index (χ0) is 12.8. The minimum Gasteiger partial charge on any atom is -0.351 e. The van der Waals surface area contributed by atoms with Gasteiger partial charge in [0.2, 0.25) is 5.56 Å². The second-order valence-corrected chi connectivity index (χ2v) is 4.98. The maximum atomic E-state index is 11.8. The molecule has 0 unspecified atom stereocenters. The van der Waals surface area contributed by atoms with Crippen LogP contribution in [0.1, 0.15) is 49.0 Å². The van der Waals surface area contributed by atoms with Crippen molar-refractivity contribution in [2.24, 2.45) is 5.92 Å². The molecule has 1 saturated carbocycles. The fraction of sp³-hybridized carbons (Fsp3) is 0.571. The van der Waals surface area contributed by atoms with Crippen LogP contribution in [-0.4, -0.2) is 17.4 Å². The molecule has 98 valence electrons. The summed E-state index contributed by atoms with van der Waals surface area (Å²) in [5.41, 5.74) is 0.0982. The maximum absolute atomic E-state index is 11.8. The molecule has 2 rings (SSSR count). The molecule has 0 aromatic carbocycles. The average molecular weight is 248 g/mol. The molecule has 4 heteroatoms. The van der Waals surface area contributed by atoms with Crippen molar-refractivity contribution in [2.45, 2.75) is 38.5 Å². The highest BCUT2D eigenvalue weighted by molar-refractivity contribution is 5.92. The van der Waals surface area contributed by atoms with Gasteiger partial charge in [-0.2, -0.15) is 0 Å². The van der Waals surface area contributed by atoms with E-state index >= 15 is 0 Å². The topological polar surface area (TPSA) is 62.0 Å². The first-order valence-corrected chi connectivity index (χ1v) is 6.73. The van der Waals surface area contributed by atoms with Crippen LogP contribution < -0.4 is 10.9 Å². The lowest BCUT2D eigenvalue weighted by Gasteiger charge is -2.21. The fourth-order valence-corrected chi connectivity index (χ4v) is 2.54. The summed E-state index contributed by atoms with van der Waals surface area (Å²) in [7, 11) is 0. The van der Waals surface area contributed by atoms with Crippen LogP contribution in [-0.2, 0) is 0 Å². The Labute approximate surface area is 107 Å². The van der Waals surface area contributed by atoms with E-state index in [0.29, 0.717) is 12.2 Å². The molecule has 1 aliphatic rings. The lowest BCUT2D eigenvalue weighted by atomic mass is 9.87. The minimum absolute atomic E-state index is 0.191. The number of H-pyrrole nitrogens is 1. The Bertz CT molecular complexity index is 447. The second kappa shape index (κ2) is 6.38. The van der Waals surface area contributed by atoms with Crippen molar-refractivity contribution in [3.05, 3.63) is 34.2 Å². The first kappa shape index (κ1) is 12.9. The van der Waals surface area contributed by atoms with Crippen LogP contribution in [0.5, 0.6) is 0 Å². The van der Waals surface area contributed by atoms with Gasteiger partial charge in [0.15, 0.2) is 0 Å². The average Bonchev–Trinajstić information content (AvgIpc) is 2.40. The summed E-state index contributed by atoms with van der Waals surface area (Å²) in [6, 6.07) is 4.62. The summed E-state index contributed by atoms with van der Waals surface area (Å²) in [5.74, 6) is 0.567. The normalized spacial score (nSPS) is 16.4. The molecule has 0 saturated heterocycles. The Morgan fingerprint density at radius 1 is 1.28 bits per heavy atom. The maximum Gasteiger partial charge on any atom is 0.267 e. The van der Waals surface area contributed by atoms with E-state index in [1.807, 2.05) is 0 Å². The van der Waals surface area contributed by atoms with Gasteiger partial charge in [0, 0.05) is 12.6 Å². The van der Waals surface area contributed by atoms with Crippen LogP contribution in [0.2, 0.25) is 0 Å². The minimum atomic E-state index is -0.241. The SMILES string of the molecule is O=C(NCCC1CCCCC1)c1cccc(=O)[nH]1. The number of aromatic nitrogens is 1. The smallest absolute Gasteiger partial charge is 0.267 e. The standard InChI is InChI=1S/C14H20N2O2/c17-13-8-4-7-12(16-13)14(18)15-10-9-11-5-2-1-3-6-11/h4,7-8,11H,1-3,5-6,9-10H2,(H,15,18)(H,16,17). The number of pyridine rings is 1. The first-order chi connectivity index (χ1) is 8.75. The molecule has 0 atom stereocenters. The molecule has 0 spiro atoms. The van der Waals surface area contributed by atoms with Gasteiger partial charge in [0.05, 0.1) is 0 Å². The molecular weight excluding hydrogens is 228 g/mol. The molecule has 0 bridgehead atoms. The lowest BCUT2D eigenvalue weighted by molar-refractivity contribution is 0.0945. The van der Waals surface area contributed by atoms with E-state index in [-0.39, 0.29) is 11.5 Å². The van der Waals surface area contributed by atoms with Gasteiger partial charge in [-0.25, -0.2) is 0 Å². The molecule has 1 aromatic rings. The molecule has 18 heavy (non-hydrogen) atoms. The van der Waals surface area contributed by atoms with Crippen LogP contribution in [0.25, 0.3) is 0 Å². The van der Waals surface area contributed by atoms with Crippen molar-refractivity contribution in [2.75, 3.05) is 6.54 Å². The second-order valence-electron chi connectivity index (χ2n) is 4.98. The summed E-state index contributed by atoms with van der Waals surface area (Å²) in [6.07, 6.45) is 7.63. The van der Waals surface area contributed by atoms with Crippen molar-refractivity contribution >= 4 is 5.91 Å². The van der Waals surface area contributed by atoms with Gasteiger partial charge in [0.25, 0.3) is 5.91 Å². The lowest BCUT2D eigenvalue weighted by Crippen LogP contribution is -2.28. The molecular formula is C14H20N2O2. The fourth-order valence-electron chi connectivity index (χ4n) is 2.54. The van der Waals surface area contributed by atoms with E-state index in [9.17, 15) is 9.59 Å². The van der Waals surface area contributed by atoms with Gasteiger partial charge in [0.1, 0.15) is 5.69 Å². The monoisotopic (exact) mass is 248 g/mol. The quantitative estimate of drug-likeness (QED) is 0.857. The Hall–Kier alpha value is -1.58. The number of rotatable bonds is 4. The van der Waals surface area contributed by atoms with E-state index in [1.54, 1.807) is 12.1 Å². The van der Waals surface area contributed by atoms with Crippen LogP contribution in [0.3, 0.4) is 0 Å².